The summed E-state index contributed by atoms with van der Waals surface area (Å²) in [6.07, 6.45) is 0. The van der Waals surface area contributed by atoms with E-state index >= 15 is 0 Å². The van der Waals surface area contributed by atoms with Crippen LogP contribution in [0.2, 0.25) is 0 Å². The Balaban J connectivity index is 1.99. The molecule has 0 saturated heterocycles. The number of halogens is 1. The molecule has 0 bridgehead atoms. The molecule has 5 heteroatoms. The fourth-order valence-corrected chi connectivity index (χ4v) is 2.32. The van der Waals surface area contributed by atoms with E-state index in [1.807, 2.05) is 0 Å². The lowest BCUT2D eigenvalue weighted by molar-refractivity contribution is 0.0659. The van der Waals surface area contributed by atoms with Crippen LogP contribution in [0, 0.1) is 26.6 Å². The van der Waals surface area contributed by atoms with Crippen molar-refractivity contribution in [1.29, 1.82) is 0 Å². The first-order valence-corrected chi connectivity index (χ1v) is 6.67. The maximum Gasteiger partial charge on any atom is 0.372 e. The van der Waals surface area contributed by atoms with Crippen molar-refractivity contribution in [3.8, 4) is 0 Å². The van der Waals surface area contributed by atoms with Crippen molar-refractivity contribution in [3.63, 3.8) is 0 Å². The van der Waals surface area contributed by atoms with Crippen LogP contribution >= 0.6 is 0 Å². The van der Waals surface area contributed by atoms with E-state index in [1.54, 1.807) is 39.0 Å². The number of carboxylic acids is 1. The normalized spacial score (nSPS) is 10.9. The van der Waals surface area contributed by atoms with Crippen molar-refractivity contribution in [1.82, 2.24) is 5.32 Å². The lowest BCUT2D eigenvalue weighted by Gasteiger charge is -2.07. The number of benzene rings is 1. The Morgan fingerprint density at radius 1 is 1.14 bits per heavy atom. The zero-order chi connectivity index (χ0) is 15.6. The molecule has 4 nitrogen and oxygen atoms in total. The molecular formula is C16H18FNO3. The number of furan rings is 1. The van der Waals surface area contributed by atoms with Gasteiger partial charge in [-0.25, -0.2) is 9.18 Å². The smallest absolute Gasteiger partial charge is 0.372 e. The van der Waals surface area contributed by atoms with Crippen molar-refractivity contribution in [2.24, 2.45) is 0 Å². The highest BCUT2D eigenvalue weighted by atomic mass is 19.1. The van der Waals surface area contributed by atoms with Gasteiger partial charge in [-0.05, 0) is 43.5 Å². The highest BCUT2D eigenvalue weighted by molar-refractivity contribution is 5.86. The van der Waals surface area contributed by atoms with E-state index in [2.05, 4.69) is 5.32 Å². The second-order valence-electron chi connectivity index (χ2n) is 5.18. The fourth-order valence-electron chi connectivity index (χ4n) is 2.32. The van der Waals surface area contributed by atoms with Crippen molar-refractivity contribution < 1.29 is 18.7 Å². The van der Waals surface area contributed by atoms with E-state index in [1.165, 1.54) is 0 Å². The Kier molecular flexibility index (Phi) is 4.43. The number of aryl methyl sites for hydroxylation is 3. The van der Waals surface area contributed by atoms with Crippen LogP contribution in [0.4, 0.5) is 4.39 Å². The quantitative estimate of drug-likeness (QED) is 0.887. The van der Waals surface area contributed by atoms with Crippen molar-refractivity contribution in [2.75, 3.05) is 0 Å². The van der Waals surface area contributed by atoms with Crippen LogP contribution in [0.3, 0.4) is 0 Å². The molecular weight excluding hydrogens is 273 g/mol. The summed E-state index contributed by atoms with van der Waals surface area (Å²) in [5.41, 5.74) is 2.82. The van der Waals surface area contributed by atoms with Gasteiger partial charge in [0.15, 0.2) is 0 Å². The van der Waals surface area contributed by atoms with Crippen LogP contribution in [0.25, 0.3) is 0 Å². The van der Waals surface area contributed by atoms with E-state index in [0.717, 1.165) is 5.56 Å². The van der Waals surface area contributed by atoms with Gasteiger partial charge in [0.2, 0.25) is 5.76 Å². The third kappa shape index (κ3) is 3.49. The summed E-state index contributed by atoms with van der Waals surface area (Å²) in [6, 6.07) is 5.30. The molecule has 2 N–H and O–H groups in total. The van der Waals surface area contributed by atoms with Crippen molar-refractivity contribution in [3.05, 3.63) is 57.8 Å². The van der Waals surface area contributed by atoms with Gasteiger partial charge in [-0.2, -0.15) is 0 Å². The number of nitrogens with one attached hydrogen (secondary N) is 1. The molecule has 0 fully saturated rings. The average molecular weight is 291 g/mol. The van der Waals surface area contributed by atoms with Gasteiger partial charge in [-0.1, -0.05) is 12.1 Å². The highest BCUT2D eigenvalue weighted by Crippen LogP contribution is 2.16. The zero-order valence-electron chi connectivity index (χ0n) is 12.3. The summed E-state index contributed by atoms with van der Waals surface area (Å²) in [5, 5.41) is 12.1. The van der Waals surface area contributed by atoms with Crippen molar-refractivity contribution in [2.45, 2.75) is 33.9 Å². The van der Waals surface area contributed by atoms with Crippen LogP contribution < -0.4 is 5.32 Å². The maximum atomic E-state index is 13.5. The van der Waals surface area contributed by atoms with E-state index < -0.39 is 5.97 Å². The number of hydrogen-bond donors (Lipinski definition) is 2. The Morgan fingerprint density at radius 2 is 1.76 bits per heavy atom. The van der Waals surface area contributed by atoms with Crippen LogP contribution in [0.5, 0.6) is 0 Å². The van der Waals surface area contributed by atoms with Gasteiger partial charge in [0.1, 0.15) is 11.6 Å². The Hall–Kier alpha value is -2.14. The highest BCUT2D eigenvalue weighted by Gasteiger charge is 2.14. The van der Waals surface area contributed by atoms with Gasteiger partial charge in [-0.15, -0.1) is 0 Å². The second kappa shape index (κ2) is 6.10. The molecule has 0 radical (unpaired) electrons. The minimum absolute atomic E-state index is 0.0275. The SMILES string of the molecule is Cc1cc(CNCc2cc(C)c(F)c(C)c2)oc1C(=O)O. The number of carboxylic acid groups (broad SMARTS) is 1. The van der Waals surface area contributed by atoms with E-state index in [4.69, 9.17) is 9.52 Å². The summed E-state index contributed by atoms with van der Waals surface area (Å²) in [6.45, 7) is 6.15. The number of rotatable bonds is 5. The third-order valence-electron chi connectivity index (χ3n) is 3.29. The molecule has 21 heavy (non-hydrogen) atoms. The summed E-state index contributed by atoms with van der Waals surface area (Å²) in [4.78, 5) is 10.9. The maximum absolute atomic E-state index is 13.5. The van der Waals surface area contributed by atoms with Gasteiger partial charge in [-0.3, -0.25) is 0 Å². The van der Waals surface area contributed by atoms with Gasteiger partial charge in [0, 0.05) is 12.1 Å². The topological polar surface area (TPSA) is 62.5 Å². The van der Waals surface area contributed by atoms with Crippen LogP contribution in [0.1, 0.15) is 38.6 Å². The standard InChI is InChI=1S/C16H18FNO3/c1-9-4-12(5-10(2)14(9)17)7-18-8-13-6-11(3)15(21-13)16(19)20/h4-6,18H,7-8H2,1-3H3,(H,19,20). The molecule has 1 heterocycles. The third-order valence-corrected chi connectivity index (χ3v) is 3.29. The van der Waals surface area contributed by atoms with E-state index in [0.29, 0.717) is 35.5 Å². The minimum Gasteiger partial charge on any atom is -0.475 e. The molecule has 1 aromatic carbocycles. The predicted molar refractivity (Wildman–Crippen MR) is 76.8 cm³/mol. The molecule has 0 atom stereocenters. The lowest BCUT2D eigenvalue weighted by Crippen LogP contribution is -2.12. The molecule has 0 unspecified atom stereocenters. The molecule has 2 rings (SSSR count). The summed E-state index contributed by atoms with van der Waals surface area (Å²) in [7, 11) is 0. The van der Waals surface area contributed by atoms with Gasteiger partial charge >= 0.3 is 5.97 Å². The molecule has 0 aliphatic rings. The van der Waals surface area contributed by atoms with Crippen molar-refractivity contribution >= 4 is 5.97 Å². The van der Waals surface area contributed by atoms with Crippen LogP contribution in [-0.2, 0) is 13.1 Å². The molecule has 1 aromatic heterocycles. The van der Waals surface area contributed by atoms with Crippen LogP contribution in [-0.4, -0.2) is 11.1 Å². The Bertz CT molecular complexity index is 653. The number of aromatic carboxylic acids is 1. The Morgan fingerprint density at radius 3 is 2.29 bits per heavy atom. The summed E-state index contributed by atoms with van der Waals surface area (Å²) >= 11 is 0. The molecule has 0 amide bonds. The minimum atomic E-state index is -1.07. The van der Waals surface area contributed by atoms with Gasteiger partial charge < -0.3 is 14.8 Å². The number of hydrogen-bond acceptors (Lipinski definition) is 3. The monoisotopic (exact) mass is 291 g/mol. The zero-order valence-corrected chi connectivity index (χ0v) is 12.3. The van der Waals surface area contributed by atoms with E-state index in [9.17, 15) is 9.18 Å². The van der Waals surface area contributed by atoms with Crippen LogP contribution in [0.15, 0.2) is 22.6 Å². The first kappa shape index (κ1) is 15.3. The van der Waals surface area contributed by atoms with Gasteiger partial charge in [0.25, 0.3) is 0 Å². The molecule has 0 saturated carbocycles. The Labute approximate surface area is 122 Å². The lowest BCUT2D eigenvalue weighted by atomic mass is 10.1. The molecule has 112 valence electrons. The number of carbonyl (C=O) groups is 1. The first-order valence-electron chi connectivity index (χ1n) is 6.67. The fraction of sp³-hybridized carbons (Fsp3) is 0.312. The second-order valence-corrected chi connectivity index (χ2v) is 5.18. The molecule has 0 aliphatic carbocycles. The molecule has 0 aliphatic heterocycles. The molecule has 0 spiro atoms. The molecule has 2 aromatic rings. The largest absolute Gasteiger partial charge is 0.475 e. The summed E-state index contributed by atoms with van der Waals surface area (Å²) in [5.74, 6) is -0.698. The first-order chi connectivity index (χ1) is 9.88. The van der Waals surface area contributed by atoms with Gasteiger partial charge in [0.05, 0.1) is 6.54 Å². The summed E-state index contributed by atoms with van der Waals surface area (Å²) < 4.78 is 18.8. The van der Waals surface area contributed by atoms with E-state index in [-0.39, 0.29) is 11.6 Å². The average Bonchev–Trinajstić information content (AvgIpc) is 2.77. The predicted octanol–water partition coefficient (Wildman–Crippen LogP) is 3.33.